The van der Waals surface area contributed by atoms with Crippen LogP contribution in [0.3, 0.4) is 0 Å². The van der Waals surface area contributed by atoms with Gasteiger partial charge < -0.3 is 4.74 Å². The molecule has 2 rings (SSSR count). The van der Waals surface area contributed by atoms with E-state index >= 15 is 0 Å². The number of carbonyl (C=O) groups excluding carboxylic acids is 1. The van der Waals surface area contributed by atoms with E-state index in [1.807, 2.05) is 13.0 Å². The predicted molar refractivity (Wildman–Crippen MR) is 80.0 cm³/mol. The van der Waals surface area contributed by atoms with Gasteiger partial charge in [0.15, 0.2) is 11.2 Å². The van der Waals surface area contributed by atoms with E-state index in [1.165, 1.54) is 0 Å². The maximum Gasteiger partial charge on any atom is 0.171 e. The zero-order valence-corrected chi connectivity index (χ0v) is 13.2. The molecule has 0 saturated heterocycles. The lowest BCUT2D eigenvalue weighted by Gasteiger charge is -2.27. The fourth-order valence-electron chi connectivity index (χ4n) is 2.15. The molecule has 0 amide bonds. The fraction of sp³-hybridized carbons (Fsp3) is 0.500. The van der Waals surface area contributed by atoms with Gasteiger partial charge in [-0.1, -0.05) is 28.9 Å². The van der Waals surface area contributed by atoms with Gasteiger partial charge in [-0.25, -0.2) is 0 Å². The van der Waals surface area contributed by atoms with Crippen LogP contribution in [-0.4, -0.2) is 17.0 Å². The van der Waals surface area contributed by atoms with Crippen molar-refractivity contribution in [2.45, 2.75) is 37.5 Å². The molecule has 0 saturated carbocycles. The first-order valence-electron chi connectivity index (χ1n) is 6.13. The Hall–Kier alpha value is -0.480. The Morgan fingerprint density at radius 1 is 1.56 bits per heavy atom. The second-order valence-corrected chi connectivity index (χ2v) is 7.29. The first-order valence-corrected chi connectivity index (χ1v) is 8.09. The summed E-state index contributed by atoms with van der Waals surface area (Å²) in [5, 5.41) is 0. The fourth-order valence-corrected chi connectivity index (χ4v) is 3.29. The van der Waals surface area contributed by atoms with Gasteiger partial charge in [0.1, 0.15) is 5.75 Å². The molecule has 18 heavy (non-hydrogen) atoms. The van der Waals surface area contributed by atoms with Crippen molar-refractivity contribution in [1.82, 2.24) is 0 Å². The van der Waals surface area contributed by atoms with Crippen molar-refractivity contribution in [2.24, 2.45) is 0 Å². The lowest BCUT2D eigenvalue weighted by atomic mass is 9.97. The van der Waals surface area contributed by atoms with Gasteiger partial charge in [-0.3, -0.25) is 4.79 Å². The summed E-state index contributed by atoms with van der Waals surface area (Å²) in [6, 6.07) is 4.02. The molecule has 0 spiro atoms. The van der Waals surface area contributed by atoms with E-state index in [9.17, 15) is 4.79 Å². The molecule has 98 valence electrons. The summed E-state index contributed by atoms with van der Waals surface area (Å²) in [6.07, 6.45) is 0.477. The van der Waals surface area contributed by atoms with Crippen LogP contribution in [0.15, 0.2) is 12.1 Å². The Morgan fingerprint density at radius 2 is 2.28 bits per heavy atom. The van der Waals surface area contributed by atoms with E-state index in [0.717, 1.165) is 28.2 Å². The molecular weight excluding hydrogens is 312 g/mol. The number of hydrogen-bond acceptors (Lipinski definition) is 3. The molecule has 1 heterocycles. The molecule has 0 aromatic heterocycles. The lowest BCUT2D eigenvalue weighted by Crippen LogP contribution is -2.25. The smallest absolute Gasteiger partial charge is 0.171 e. The quantitative estimate of drug-likeness (QED) is 0.764. The zero-order valence-electron chi connectivity index (χ0n) is 10.8. The van der Waals surface area contributed by atoms with Gasteiger partial charge in [-0.05, 0) is 31.2 Å². The van der Waals surface area contributed by atoms with Crippen LogP contribution in [0.5, 0.6) is 5.75 Å². The van der Waals surface area contributed by atoms with E-state index in [2.05, 4.69) is 35.8 Å². The average molecular weight is 329 g/mol. The highest BCUT2D eigenvalue weighted by molar-refractivity contribution is 9.09. The number of benzene rings is 1. The van der Waals surface area contributed by atoms with Crippen LogP contribution in [0.4, 0.5) is 0 Å². The molecule has 2 atom stereocenters. The second-order valence-electron chi connectivity index (χ2n) is 4.48. The molecular formula is C14H17BrO2S. The van der Waals surface area contributed by atoms with Crippen LogP contribution < -0.4 is 4.74 Å². The molecule has 2 unspecified atom stereocenters. The monoisotopic (exact) mass is 328 g/mol. The molecule has 2 nitrogen and oxygen atoms in total. The van der Waals surface area contributed by atoms with E-state index < -0.39 is 0 Å². The Morgan fingerprint density at radius 3 is 2.89 bits per heavy atom. The first kappa shape index (κ1) is 13.9. The molecule has 0 fully saturated rings. The summed E-state index contributed by atoms with van der Waals surface area (Å²) in [5.41, 5.74) is 2.88. The molecule has 1 aliphatic heterocycles. The SMILES string of the molecule is CCSC1CC(=O)c2cc(C)cc(C(C)Br)c2O1. The minimum Gasteiger partial charge on any atom is -0.478 e. The van der Waals surface area contributed by atoms with Crippen LogP contribution in [0.2, 0.25) is 0 Å². The van der Waals surface area contributed by atoms with Gasteiger partial charge in [0.25, 0.3) is 0 Å². The topological polar surface area (TPSA) is 26.3 Å². The summed E-state index contributed by atoms with van der Waals surface area (Å²) in [4.78, 5) is 12.4. The number of fused-ring (bicyclic) bond motifs is 1. The lowest BCUT2D eigenvalue weighted by molar-refractivity contribution is 0.0916. The molecule has 1 aromatic carbocycles. The summed E-state index contributed by atoms with van der Waals surface area (Å²) in [7, 11) is 0. The van der Waals surface area contributed by atoms with Gasteiger partial charge >= 0.3 is 0 Å². The third-order valence-corrected chi connectivity index (χ3v) is 4.41. The first-order chi connectivity index (χ1) is 8.52. The Balaban J connectivity index is 2.46. The third-order valence-electron chi connectivity index (χ3n) is 2.94. The molecule has 1 aromatic rings. The van der Waals surface area contributed by atoms with Gasteiger partial charge in [0.05, 0.1) is 12.0 Å². The maximum absolute atomic E-state index is 12.2. The Labute approximate surface area is 121 Å². The van der Waals surface area contributed by atoms with Gasteiger partial charge in [-0.2, -0.15) is 0 Å². The molecule has 4 heteroatoms. The maximum atomic E-state index is 12.2. The standard InChI is InChI=1S/C14H17BrO2S/c1-4-18-13-7-12(16)11-6-8(2)5-10(9(3)15)14(11)17-13/h5-6,9,13H,4,7H2,1-3H3. The molecule has 0 aliphatic carbocycles. The highest BCUT2D eigenvalue weighted by Crippen LogP contribution is 2.40. The van der Waals surface area contributed by atoms with E-state index in [1.54, 1.807) is 11.8 Å². The predicted octanol–water partition coefficient (Wildman–Crippen LogP) is 4.50. The summed E-state index contributed by atoms with van der Waals surface area (Å²) in [6.45, 7) is 6.15. The van der Waals surface area contributed by atoms with Crippen LogP contribution in [0, 0.1) is 6.92 Å². The molecule has 0 N–H and O–H groups in total. The van der Waals surface area contributed by atoms with Crippen molar-refractivity contribution < 1.29 is 9.53 Å². The number of hydrogen-bond donors (Lipinski definition) is 0. The number of aryl methyl sites for hydroxylation is 1. The van der Waals surface area contributed by atoms with Gasteiger partial charge in [-0.15, -0.1) is 11.8 Å². The van der Waals surface area contributed by atoms with Gasteiger partial charge in [0, 0.05) is 10.4 Å². The van der Waals surface area contributed by atoms with Crippen molar-refractivity contribution in [3.63, 3.8) is 0 Å². The van der Waals surface area contributed by atoms with Crippen molar-refractivity contribution >= 4 is 33.5 Å². The number of carbonyl (C=O) groups is 1. The van der Waals surface area contributed by atoms with Crippen LogP contribution in [-0.2, 0) is 0 Å². The number of thioether (sulfide) groups is 1. The van der Waals surface area contributed by atoms with Crippen LogP contribution in [0.25, 0.3) is 0 Å². The molecule has 0 bridgehead atoms. The van der Waals surface area contributed by atoms with Crippen molar-refractivity contribution in [2.75, 3.05) is 5.75 Å². The molecule has 0 radical (unpaired) electrons. The number of Topliss-reactive ketones (excluding diaryl/α,β-unsaturated/α-hetero) is 1. The largest absolute Gasteiger partial charge is 0.478 e. The number of ether oxygens (including phenoxy) is 1. The van der Waals surface area contributed by atoms with E-state index in [-0.39, 0.29) is 16.0 Å². The number of halogens is 1. The number of rotatable bonds is 3. The zero-order chi connectivity index (χ0) is 13.3. The average Bonchev–Trinajstić information content (AvgIpc) is 2.29. The van der Waals surface area contributed by atoms with Crippen molar-refractivity contribution in [1.29, 1.82) is 0 Å². The summed E-state index contributed by atoms with van der Waals surface area (Å²) >= 11 is 5.26. The second kappa shape index (κ2) is 5.66. The third kappa shape index (κ3) is 2.75. The highest BCUT2D eigenvalue weighted by Gasteiger charge is 2.29. The summed E-state index contributed by atoms with van der Waals surface area (Å²) in [5.74, 6) is 1.92. The van der Waals surface area contributed by atoms with Crippen LogP contribution >= 0.6 is 27.7 Å². The molecule has 1 aliphatic rings. The van der Waals surface area contributed by atoms with Crippen molar-refractivity contribution in [3.05, 3.63) is 28.8 Å². The Kier molecular flexibility index (Phi) is 4.38. The Bertz CT molecular complexity index is 471. The minimum absolute atomic E-state index is 0.0392. The minimum atomic E-state index is -0.0392. The summed E-state index contributed by atoms with van der Waals surface area (Å²) < 4.78 is 6.00. The highest BCUT2D eigenvalue weighted by atomic mass is 79.9. The van der Waals surface area contributed by atoms with E-state index in [0.29, 0.717) is 6.42 Å². The number of alkyl halides is 1. The normalized spacial score (nSPS) is 20.2. The number of ketones is 1. The van der Waals surface area contributed by atoms with Crippen molar-refractivity contribution in [3.8, 4) is 5.75 Å². The van der Waals surface area contributed by atoms with E-state index in [4.69, 9.17) is 4.74 Å². The van der Waals surface area contributed by atoms with Gasteiger partial charge in [0.2, 0.25) is 0 Å². The van der Waals surface area contributed by atoms with Crippen LogP contribution in [0.1, 0.15) is 46.6 Å².